The van der Waals surface area contributed by atoms with Crippen LogP contribution in [0, 0.1) is 6.92 Å². The molecule has 0 atom stereocenters. The van der Waals surface area contributed by atoms with E-state index in [0.29, 0.717) is 21.3 Å². The maximum absolute atomic E-state index is 12.1. The molecule has 5 heteroatoms. The van der Waals surface area contributed by atoms with E-state index in [1.165, 1.54) is 0 Å². The smallest absolute Gasteiger partial charge is 0.255 e. The molecule has 2 rings (SSSR count). The van der Waals surface area contributed by atoms with E-state index < -0.39 is 0 Å². The quantitative estimate of drug-likeness (QED) is 0.773. The Morgan fingerprint density at radius 2 is 1.89 bits per heavy atom. The van der Waals surface area contributed by atoms with Crippen LogP contribution in [0.1, 0.15) is 15.9 Å². The molecule has 0 unspecified atom stereocenters. The number of rotatable bonds is 2. The third kappa shape index (κ3) is 3.50. The molecule has 2 nitrogen and oxygen atoms in total. The van der Waals surface area contributed by atoms with Gasteiger partial charge >= 0.3 is 0 Å². The fraction of sp³-hybridized carbons (Fsp3) is 0.0714. The molecule has 2 aromatic carbocycles. The zero-order valence-corrected chi connectivity index (χ0v) is 13.1. The molecular weight excluding hydrogens is 349 g/mol. The van der Waals surface area contributed by atoms with Gasteiger partial charge in [-0.05, 0) is 48.9 Å². The van der Waals surface area contributed by atoms with Gasteiger partial charge in [0.05, 0.1) is 10.7 Å². The van der Waals surface area contributed by atoms with Gasteiger partial charge < -0.3 is 5.32 Å². The molecule has 19 heavy (non-hydrogen) atoms. The van der Waals surface area contributed by atoms with E-state index in [2.05, 4.69) is 21.2 Å². The van der Waals surface area contributed by atoms with Crippen LogP contribution in [0.2, 0.25) is 10.0 Å². The Balaban J connectivity index is 2.23. The molecule has 98 valence electrons. The van der Waals surface area contributed by atoms with Gasteiger partial charge in [-0.1, -0.05) is 39.1 Å². The number of aryl methyl sites for hydroxylation is 1. The standard InChI is InChI=1S/C14H10BrCl2NO/c1-8-6-9(2-4-11(8)15)14(19)18-13-5-3-10(16)7-12(13)17/h2-7H,1H3,(H,18,19). The molecule has 0 heterocycles. The largest absolute Gasteiger partial charge is 0.321 e. The topological polar surface area (TPSA) is 29.1 Å². The zero-order valence-electron chi connectivity index (χ0n) is 10.0. The van der Waals surface area contributed by atoms with Gasteiger partial charge in [0, 0.05) is 15.1 Å². The molecule has 0 bridgehead atoms. The van der Waals surface area contributed by atoms with Crippen molar-refractivity contribution in [2.45, 2.75) is 6.92 Å². The number of nitrogens with one attached hydrogen (secondary N) is 1. The van der Waals surface area contributed by atoms with E-state index in [1.54, 1.807) is 24.3 Å². The summed E-state index contributed by atoms with van der Waals surface area (Å²) in [5, 5.41) is 3.70. The lowest BCUT2D eigenvalue weighted by Crippen LogP contribution is -2.12. The summed E-state index contributed by atoms with van der Waals surface area (Å²) in [6.45, 7) is 1.93. The van der Waals surface area contributed by atoms with Crippen LogP contribution in [0.25, 0.3) is 0 Å². The number of anilines is 1. The minimum atomic E-state index is -0.208. The van der Waals surface area contributed by atoms with Crippen molar-refractivity contribution in [3.05, 3.63) is 62.0 Å². The highest BCUT2D eigenvalue weighted by atomic mass is 79.9. The van der Waals surface area contributed by atoms with Crippen molar-refractivity contribution in [3.63, 3.8) is 0 Å². The summed E-state index contributed by atoms with van der Waals surface area (Å²) in [5.41, 5.74) is 2.11. The first kappa shape index (κ1) is 14.4. The Hall–Kier alpha value is -1.03. The minimum Gasteiger partial charge on any atom is -0.321 e. The molecule has 0 fully saturated rings. The summed E-state index contributed by atoms with van der Waals surface area (Å²) in [6.07, 6.45) is 0. The fourth-order valence-corrected chi connectivity index (χ4v) is 2.27. The highest BCUT2D eigenvalue weighted by Gasteiger charge is 2.09. The number of carbonyl (C=O) groups is 1. The maximum Gasteiger partial charge on any atom is 0.255 e. The van der Waals surface area contributed by atoms with Gasteiger partial charge in [-0.3, -0.25) is 4.79 Å². The number of halogens is 3. The summed E-state index contributed by atoms with van der Waals surface area (Å²) < 4.78 is 0.966. The van der Waals surface area contributed by atoms with E-state index in [1.807, 2.05) is 19.1 Å². The van der Waals surface area contributed by atoms with Crippen LogP contribution in [-0.4, -0.2) is 5.91 Å². The first-order valence-electron chi connectivity index (χ1n) is 5.50. The van der Waals surface area contributed by atoms with Gasteiger partial charge in [0.1, 0.15) is 0 Å². The predicted octanol–water partition coefficient (Wildman–Crippen LogP) is 5.32. The highest BCUT2D eigenvalue weighted by molar-refractivity contribution is 9.10. The number of benzene rings is 2. The van der Waals surface area contributed by atoms with Crippen molar-refractivity contribution >= 4 is 50.7 Å². The predicted molar refractivity (Wildman–Crippen MR) is 83.3 cm³/mol. The average Bonchev–Trinajstić information content (AvgIpc) is 2.36. The molecule has 0 aromatic heterocycles. The Bertz CT molecular complexity index is 643. The van der Waals surface area contributed by atoms with Crippen LogP contribution in [0.5, 0.6) is 0 Å². The van der Waals surface area contributed by atoms with E-state index in [0.717, 1.165) is 10.0 Å². The first-order chi connectivity index (χ1) is 8.97. The lowest BCUT2D eigenvalue weighted by molar-refractivity contribution is 0.102. The fourth-order valence-electron chi connectivity index (χ4n) is 1.57. The number of hydrogen-bond donors (Lipinski definition) is 1. The monoisotopic (exact) mass is 357 g/mol. The second-order valence-corrected chi connectivity index (χ2v) is 5.74. The summed E-state index contributed by atoms with van der Waals surface area (Å²) >= 11 is 15.2. The molecule has 0 saturated carbocycles. The summed E-state index contributed by atoms with van der Waals surface area (Å²) in [5.74, 6) is -0.208. The second-order valence-electron chi connectivity index (χ2n) is 4.04. The Kier molecular flexibility index (Phi) is 4.50. The third-order valence-corrected chi connectivity index (χ3v) is 4.04. The third-order valence-electron chi connectivity index (χ3n) is 2.60. The molecule has 1 N–H and O–H groups in total. The Morgan fingerprint density at radius 3 is 2.53 bits per heavy atom. The summed E-state index contributed by atoms with van der Waals surface area (Å²) in [7, 11) is 0. The van der Waals surface area contributed by atoms with Crippen molar-refractivity contribution in [1.82, 2.24) is 0 Å². The highest BCUT2D eigenvalue weighted by Crippen LogP contribution is 2.26. The SMILES string of the molecule is Cc1cc(C(=O)Nc2ccc(Cl)cc2Cl)ccc1Br. The Labute approximate surface area is 129 Å². The minimum absolute atomic E-state index is 0.208. The summed E-state index contributed by atoms with van der Waals surface area (Å²) in [6, 6.07) is 10.3. The van der Waals surface area contributed by atoms with Gasteiger partial charge in [0.25, 0.3) is 5.91 Å². The Morgan fingerprint density at radius 1 is 1.16 bits per heavy atom. The normalized spacial score (nSPS) is 10.3. The molecule has 0 aliphatic heterocycles. The number of amides is 1. The van der Waals surface area contributed by atoms with Crippen molar-refractivity contribution in [3.8, 4) is 0 Å². The maximum atomic E-state index is 12.1. The molecule has 0 saturated heterocycles. The molecule has 1 amide bonds. The van der Waals surface area contributed by atoms with Crippen LogP contribution in [-0.2, 0) is 0 Å². The van der Waals surface area contributed by atoms with Crippen molar-refractivity contribution in [2.75, 3.05) is 5.32 Å². The summed E-state index contributed by atoms with van der Waals surface area (Å²) in [4.78, 5) is 12.1. The zero-order chi connectivity index (χ0) is 14.0. The molecule has 0 spiro atoms. The van der Waals surface area contributed by atoms with Crippen LogP contribution in [0.15, 0.2) is 40.9 Å². The lowest BCUT2D eigenvalue weighted by atomic mass is 10.1. The van der Waals surface area contributed by atoms with Gasteiger partial charge in [-0.2, -0.15) is 0 Å². The van der Waals surface area contributed by atoms with Gasteiger partial charge in [-0.25, -0.2) is 0 Å². The first-order valence-corrected chi connectivity index (χ1v) is 7.05. The van der Waals surface area contributed by atoms with E-state index >= 15 is 0 Å². The van der Waals surface area contributed by atoms with Crippen LogP contribution in [0.3, 0.4) is 0 Å². The van der Waals surface area contributed by atoms with E-state index in [4.69, 9.17) is 23.2 Å². The van der Waals surface area contributed by atoms with Crippen molar-refractivity contribution < 1.29 is 4.79 Å². The van der Waals surface area contributed by atoms with Crippen molar-refractivity contribution in [2.24, 2.45) is 0 Å². The molecule has 0 aliphatic rings. The number of carbonyl (C=O) groups excluding carboxylic acids is 1. The molecular formula is C14H10BrCl2NO. The average molecular weight is 359 g/mol. The van der Waals surface area contributed by atoms with E-state index in [9.17, 15) is 4.79 Å². The lowest BCUT2D eigenvalue weighted by Gasteiger charge is -2.08. The number of hydrogen-bond acceptors (Lipinski definition) is 1. The second kappa shape index (κ2) is 5.95. The van der Waals surface area contributed by atoms with Crippen LogP contribution >= 0.6 is 39.1 Å². The molecule has 0 aliphatic carbocycles. The van der Waals surface area contributed by atoms with Crippen molar-refractivity contribution in [1.29, 1.82) is 0 Å². The molecule has 2 aromatic rings. The van der Waals surface area contributed by atoms with Crippen LogP contribution < -0.4 is 5.32 Å². The molecule has 0 radical (unpaired) electrons. The van der Waals surface area contributed by atoms with Gasteiger partial charge in [0.2, 0.25) is 0 Å². The van der Waals surface area contributed by atoms with E-state index in [-0.39, 0.29) is 5.91 Å². The van der Waals surface area contributed by atoms with Gasteiger partial charge in [0.15, 0.2) is 0 Å². The van der Waals surface area contributed by atoms with Crippen LogP contribution in [0.4, 0.5) is 5.69 Å². The van der Waals surface area contributed by atoms with Gasteiger partial charge in [-0.15, -0.1) is 0 Å².